The number of nitrogens with zero attached hydrogens (tertiary/aromatic N) is 2. The molecule has 4 amide bonds. The fourth-order valence-electron chi connectivity index (χ4n) is 4.40. The maximum atomic E-state index is 13.2. The highest BCUT2D eigenvalue weighted by Gasteiger charge is 2.36. The minimum atomic E-state index is -0.688. The quantitative estimate of drug-likeness (QED) is 0.196. The number of fused-ring (bicyclic) bond motifs is 1. The van der Waals surface area contributed by atoms with Crippen molar-refractivity contribution in [2.24, 2.45) is 0 Å². The summed E-state index contributed by atoms with van der Waals surface area (Å²) in [5.74, 6) is -2.76. The molecule has 4 aromatic rings. The monoisotopic (exact) mass is 620 g/mol. The molecule has 2 heterocycles. The van der Waals surface area contributed by atoms with Gasteiger partial charge in [0.25, 0.3) is 11.1 Å². The third kappa shape index (κ3) is 6.60. The molecule has 1 saturated heterocycles. The van der Waals surface area contributed by atoms with Crippen LogP contribution in [-0.2, 0) is 25.7 Å². The standard InChI is InChI=1S/C30H22ClFN4O6S/c1-42-29(40)22-13-20(10-11-23(22)31)34-27(38)16-36-28(39)25(43-30(36)41)12-17-14-35(24-5-3-2-4-21(17)24)15-26(37)33-19-8-6-18(32)7-9-19/h2-14H,15-16H2,1H3,(H,33,37)(H,34,38)/b25-12-. The fourth-order valence-corrected chi connectivity index (χ4v) is 5.42. The summed E-state index contributed by atoms with van der Waals surface area (Å²) in [5.41, 5.74) is 2.03. The summed E-state index contributed by atoms with van der Waals surface area (Å²) in [7, 11) is 1.20. The molecule has 3 aromatic carbocycles. The van der Waals surface area contributed by atoms with Crippen molar-refractivity contribution in [2.45, 2.75) is 6.54 Å². The number of methoxy groups -OCH3 is 1. The van der Waals surface area contributed by atoms with Gasteiger partial charge in [-0.3, -0.25) is 24.1 Å². The van der Waals surface area contributed by atoms with Gasteiger partial charge in [0.1, 0.15) is 18.9 Å². The van der Waals surface area contributed by atoms with E-state index < -0.39 is 35.4 Å². The molecule has 43 heavy (non-hydrogen) atoms. The average Bonchev–Trinajstić information content (AvgIpc) is 3.46. The Kier molecular flexibility index (Phi) is 8.60. The number of thioether (sulfide) groups is 1. The van der Waals surface area contributed by atoms with Gasteiger partial charge >= 0.3 is 5.97 Å². The zero-order valence-corrected chi connectivity index (χ0v) is 24.0. The molecule has 13 heteroatoms. The summed E-state index contributed by atoms with van der Waals surface area (Å²) in [5, 5.41) is 5.51. The Morgan fingerprint density at radius 3 is 2.37 bits per heavy atom. The Bertz CT molecular complexity index is 1820. The second-order valence-electron chi connectivity index (χ2n) is 9.29. The Morgan fingerprint density at radius 2 is 1.63 bits per heavy atom. The topological polar surface area (TPSA) is 127 Å². The van der Waals surface area contributed by atoms with E-state index >= 15 is 0 Å². The largest absolute Gasteiger partial charge is 0.465 e. The van der Waals surface area contributed by atoms with Crippen molar-refractivity contribution >= 4 is 80.6 Å². The van der Waals surface area contributed by atoms with Gasteiger partial charge in [-0.25, -0.2) is 9.18 Å². The third-order valence-electron chi connectivity index (χ3n) is 6.38. The van der Waals surface area contributed by atoms with E-state index in [1.807, 2.05) is 18.2 Å². The number of nitrogens with one attached hydrogen (secondary N) is 2. The van der Waals surface area contributed by atoms with Crippen molar-refractivity contribution in [1.82, 2.24) is 9.47 Å². The number of hydrogen-bond donors (Lipinski definition) is 2. The number of hydrogen-bond acceptors (Lipinski definition) is 7. The van der Waals surface area contributed by atoms with Gasteiger partial charge in [0.15, 0.2) is 0 Å². The number of para-hydroxylation sites is 1. The first-order chi connectivity index (χ1) is 20.6. The lowest BCUT2D eigenvalue weighted by molar-refractivity contribution is -0.127. The first kappa shape index (κ1) is 29.5. The lowest BCUT2D eigenvalue weighted by Gasteiger charge is -2.13. The van der Waals surface area contributed by atoms with E-state index in [1.165, 1.54) is 49.6 Å². The molecule has 0 atom stereocenters. The molecule has 1 aliphatic rings. The summed E-state index contributed by atoms with van der Waals surface area (Å²) >= 11 is 6.70. The number of halogens is 2. The zero-order valence-electron chi connectivity index (χ0n) is 22.4. The Balaban J connectivity index is 1.31. The number of esters is 1. The van der Waals surface area contributed by atoms with Crippen molar-refractivity contribution in [3.8, 4) is 0 Å². The zero-order chi connectivity index (χ0) is 30.7. The van der Waals surface area contributed by atoms with Gasteiger partial charge in [-0.1, -0.05) is 29.8 Å². The Hall–Kier alpha value is -4.94. The molecule has 0 aliphatic carbocycles. The van der Waals surface area contributed by atoms with E-state index in [1.54, 1.807) is 22.9 Å². The molecular weight excluding hydrogens is 599 g/mol. The molecule has 5 rings (SSSR count). The van der Waals surface area contributed by atoms with Crippen LogP contribution in [0.25, 0.3) is 17.0 Å². The van der Waals surface area contributed by atoms with E-state index in [-0.39, 0.29) is 33.6 Å². The summed E-state index contributed by atoms with van der Waals surface area (Å²) in [6.07, 6.45) is 3.23. The van der Waals surface area contributed by atoms with Crippen molar-refractivity contribution in [3.63, 3.8) is 0 Å². The highest BCUT2D eigenvalue weighted by molar-refractivity contribution is 8.18. The average molecular weight is 621 g/mol. The van der Waals surface area contributed by atoms with Gasteiger partial charge in [0.05, 0.1) is 22.6 Å². The third-order valence-corrected chi connectivity index (χ3v) is 7.62. The summed E-state index contributed by atoms with van der Waals surface area (Å²) in [4.78, 5) is 64.0. The summed E-state index contributed by atoms with van der Waals surface area (Å²) in [6.45, 7) is -0.612. The van der Waals surface area contributed by atoms with E-state index in [4.69, 9.17) is 11.6 Å². The van der Waals surface area contributed by atoms with Crippen LogP contribution in [0, 0.1) is 5.82 Å². The highest BCUT2D eigenvalue weighted by atomic mass is 35.5. The van der Waals surface area contributed by atoms with Crippen LogP contribution in [0.5, 0.6) is 0 Å². The van der Waals surface area contributed by atoms with Crippen LogP contribution < -0.4 is 10.6 Å². The molecule has 0 radical (unpaired) electrons. The molecule has 0 bridgehead atoms. The Morgan fingerprint density at radius 1 is 0.953 bits per heavy atom. The number of rotatable bonds is 8. The minimum absolute atomic E-state index is 0.0446. The van der Waals surface area contributed by atoms with Crippen LogP contribution >= 0.6 is 23.4 Å². The minimum Gasteiger partial charge on any atom is -0.465 e. The lowest BCUT2D eigenvalue weighted by Crippen LogP contribution is -2.36. The molecular formula is C30H22ClFN4O6S. The summed E-state index contributed by atoms with van der Waals surface area (Å²) in [6, 6.07) is 16.9. The number of benzene rings is 3. The molecule has 0 saturated carbocycles. The second-order valence-corrected chi connectivity index (χ2v) is 10.7. The van der Waals surface area contributed by atoms with Crippen LogP contribution in [-0.4, -0.2) is 52.1 Å². The number of aromatic nitrogens is 1. The predicted octanol–water partition coefficient (Wildman–Crippen LogP) is 5.53. The van der Waals surface area contributed by atoms with Gasteiger partial charge in [-0.05, 0) is 66.4 Å². The number of ether oxygens (including phenoxy) is 1. The normalized spacial score (nSPS) is 13.9. The molecule has 10 nitrogen and oxygen atoms in total. The molecule has 218 valence electrons. The van der Waals surface area contributed by atoms with E-state index in [0.717, 1.165) is 15.8 Å². The SMILES string of the molecule is COC(=O)c1cc(NC(=O)CN2C(=O)S/C(=C\c3cn(CC(=O)Nc4ccc(F)cc4)c4ccccc34)C2=O)ccc1Cl. The number of amides is 4. The van der Waals surface area contributed by atoms with Crippen molar-refractivity contribution < 1.29 is 33.1 Å². The number of carbonyl (C=O) groups excluding carboxylic acids is 5. The van der Waals surface area contributed by atoms with E-state index in [9.17, 15) is 28.4 Å². The van der Waals surface area contributed by atoms with Crippen LogP contribution in [0.1, 0.15) is 15.9 Å². The molecule has 0 unspecified atom stereocenters. The molecule has 1 aromatic heterocycles. The predicted molar refractivity (Wildman–Crippen MR) is 161 cm³/mol. The van der Waals surface area contributed by atoms with Gasteiger partial charge in [-0.2, -0.15) is 0 Å². The van der Waals surface area contributed by atoms with Crippen molar-refractivity contribution in [2.75, 3.05) is 24.3 Å². The number of anilines is 2. The number of carbonyl (C=O) groups is 5. The van der Waals surface area contributed by atoms with Crippen LogP contribution in [0.4, 0.5) is 20.6 Å². The summed E-state index contributed by atoms with van der Waals surface area (Å²) < 4.78 is 19.6. The van der Waals surface area contributed by atoms with Crippen molar-refractivity contribution in [1.29, 1.82) is 0 Å². The van der Waals surface area contributed by atoms with Gasteiger partial charge in [0.2, 0.25) is 11.8 Å². The van der Waals surface area contributed by atoms with E-state index in [2.05, 4.69) is 15.4 Å². The molecule has 2 N–H and O–H groups in total. The second kappa shape index (κ2) is 12.5. The number of imide groups is 1. The lowest BCUT2D eigenvalue weighted by atomic mass is 10.1. The maximum absolute atomic E-state index is 13.2. The Labute approximate surface area is 253 Å². The van der Waals surface area contributed by atoms with Gasteiger partial charge in [-0.15, -0.1) is 0 Å². The molecule has 0 spiro atoms. The van der Waals surface area contributed by atoms with E-state index in [0.29, 0.717) is 23.0 Å². The molecule has 1 aliphatic heterocycles. The smallest absolute Gasteiger partial charge is 0.339 e. The van der Waals surface area contributed by atoms with Crippen LogP contribution in [0.2, 0.25) is 5.02 Å². The van der Waals surface area contributed by atoms with Crippen molar-refractivity contribution in [3.05, 3.63) is 99.8 Å². The van der Waals surface area contributed by atoms with Gasteiger partial charge in [0, 0.05) is 34.0 Å². The first-order valence-electron chi connectivity index (χ1n) is 12.7. The van der Waals surface area contributed by atoms with Crippen LogP contribution in [0.3, 0.4) is 0 Å². The maximum Gasteiger partial charge on any atom is 0.339 e. The first-order valence-corrected chi connectivity index (χ1v) is 13.9. The fraction of sp³-hybridized carbons (Fsp3) is 0.100. The highest BCUT2D eigenvalue weighted by Crippen LogP contribution is 2.34. The van der Waals surface area contributed by atoms with Crippen LogP contribution in [0.15, 0.2) is 77.8 Å². The van der Waals surface area contributed by atoms with Gasteiger partial charge < -0.3 is 19.9 Å². The molecule has 1 fully saturated rings.